The Hall–Kier alpha value is -2.41. The number of hydrogen-bond acceptors (Lipinski definition) is 1. The largest absolute Gasteiger partial charge is 0.289 e. The molecule has 1 aliphatic carbocycles. The normalized spacial score (nSPS) is 20.3. The van der Waals surface area contributed by atoms with Gasteiger partial charge >= 0.3 is 0 Å². The van der Waals surface area contributed by atoms with Crippen LogP contribution in [0.15, 0.2) is 59.7 Å². The maximum absolute atomic E-state index is 13.6. The molecule has 182 valence electrons. The number of rotatable bonds is 4. The molecule has 1 fully saturated rings. The number of benzene rings is 2. The van der Waals surface area contributed by atoms with E-state index in [0.717, 1.165) is 41.5 Å². The molecule has 3 rings (SSSR count). The third-order valence-corrected chi connectivity index (χ3v) is 7.77. The monoisotopic (exact) mass is 456 g/mol. The van der Waals surface area contributed by atoms with Crippen LogP contribution in [0.2, 0.25) is 0 Å². The van der Waals surface area contributed by atoms with Gasteiger partial charge in [0.05, 0.1) is 0 Å². The quantitative estimate of drug-likeness (QED) is 0.419. The van der Waals surface area contributed by atoms with Crippen LogP contribution >= 0.6 is 0 Å². The zero-order valence-corrected chi connectivity index (χ0v) is 22.9. The fourth-order valence-electron chi connectivity index (χ4n) is 4.65. The summed E-state index contributed by atoms with van der Waals surface area (Å²) in [5, 5.41) is 0. The second-order valence-corrected chi connectivity index (χ2v) is 12.9. The highest BCUT2D eigenvalue weighted by atomic mass is 16.1. The van der Waals surface area contributed by atoms with Crippen molar-refractivity contribution in [3.8, 4) is 0 Å². The summed E-state index contributed by atoms with van der Waals surface area (Å²) < 4.78 is 0. The molecule has 0 radical (unpaired) electrons. The van der Waals surface area contributed by atoms with Crippen LogP contribution in [0.4, 0.5) is 0 Å². The fourth-order valence-corrected chi connectivity index (χ4v) is 4.65. The van der Waals surface area contributed by atoms with Crippen LogP contribution in [0.25, 0.3) is 12.2 Å². The minimum Gasteiger partial charge on any atom is -0.289 e. The first-order chi connectivity index (χ1) is 15.7. The highest BCUT2D eigenvalue weighted by Crippen LogP contribution is 2.44. The lowest BCUT2D eigenvalue weighted by Gasteiger charge is -2.38. The molecule has 1 saturated carbocycles. The molecule has 0 aromatic heterocycles. The second kappa shape index (κ2) is 9.68. The number of hydrogen-bond donors (Lipinski definition) is 0. The maximum atomic E-state index is 13.6. The molecule has 0 spiro atoms. The minimum absolute atomic E-state index is 0.126. The van der Waals surface area contributed by atoms with Crippen molar-refractivity contribution in [3.63, 3.8) is 0 Å². The smallest absolute Gasteiger partial charge is 0.185 e. The van der Waals surface area contributed by atoms with E-state index in [1.807, 2.05) is 0 Å². The van der Waals surface area contributed by atoms with Crippen LogP contribution in [0, 0.1) is 11.3 Å². The van der Waals surface area contributed by atoms with Crippen LogP contribution in [0.1, 0.15) is 104 Å². The molecule has 34 heavy (non-hydrogen) atoms. The Morgan fingerprint density at radius 1 is 0.676 bits per heavy atom. The summed E-state index contributed by atoms with van der Waals surface area (Å²) in [6.07, 6.45) is 7.06. The molecule has 1 nitrogen and oxygen atoms in total. The highest BCUT2D eigenvalue weighted by Gasteiger charge is 2.36. The zero-order valence-electron chi connectivity index (χ0n) is 22.9. The van der Waals surface area contributed by atoms with Crippen LogP contribution in [-0.2, 0) is 15.6 Å². The van der Waals surface area contributed by atoms with Crippen molar-refractivity contribution in [2.24, 2.45) is 11.3 Å². The summed E-state index contributed by atoms with van der Waals surface area (Å²) in [5.74, 6) is 0.665. The maximum Gasteiger partial charge on any atom is 0.185 e. The second-order valence-electron chi connectivity index (χ2n) is 12.9. The topological polar surface area (TPSA) is 17.1 Å². The van der Waals surface area contributed by atoms with Gasteiger partial charge in [-0.1, -0.05) is 117 Å². The first kappa shape index (κ1) is 26.2. The zero-order chi connectivity index (χ0) is 25.3. The molecule has 0 bridgehead atoms. The Morgan fingerprint density at radius 3 is 1.32 bits per heavy atom. The summed E-state index contributed by atoms with van der Waals surface area (Å²) in [5.41, 5.74) is 7.17. The molecule has 1 atom stereocenters. The standard InChI is InChI=1S/C33H44O/c1-10-33(8,9)29-21-25(19-23-11-15-27(16-12-23)31(2,3)4)30(34)26(22-29)20-24-13-17-28(18-14-24)32(5,6)7/h11-20,29H,10,21-22H2,1-9H3/b25-19-,26-20+. The summed E-state index contributed by atoms with van der Waals surface area (Å²) in [6.45, 7) is 20.3. The van der Waals surface area contributed by atoms with E-state index in [-0.39, 0.29) is 22.0 Å². The van der Waals surface area contributed by atoms with Crippen molar-refractivity contribution >= 4 is 17.9 Å². The third kappa shape index (κ3) is 6.17. The number of carbonyl (C=O) groups excluding carboxylic acids is 1. The molecule has 0 amide bonds. The fraction of sp³-hybridized carbons (Fsp3) is 0.485. The average Bonchev–Trinajstić information content (AvgIpc) is 2.75. The summed E-state index contributed by atoms with van der Waals surface area (Å²) in [4.78, 5) is 13.6. The molecule has 2 aromatic rings. The van der Waals surface area contributed by atoms with Crippen molar-refractivity contribution < 1.29 is 4.79 Å². The van der Waals surface area contributed by atoms with E-state index in [9.17, 15) is 4.79 Å². The highest BCUT2D eigenvalue weighted by molar-refractivity contribution is 6.14. The molecular weight excluding hydrogens is 412 g/mol. The van der Waals surface area contributed by atoms with Gasteiger partial charge in [-0.15, -0.1) is 0 Å². The molecule has 1 heteroatoms. The average molecular weight is 457 g/mol. The Morgan fingerprint density at radius 2 is 1.03 bits per heavy atom. The lowest BCUT2D eigenvalue weighted by molar-refractivity contribution is -0.113. The van der Waals surface area contributed by atoms with Crippen molar-refractivity contribution in [1.82, 2.24) is 0 Å². The Kier molecular flexibility index (Phi) is 7.46. The third-order valence-electron chi connectivity index (χ3n) is 7.77. The summed E-state index contributed by atoms with van der Waals surface area (Å²) >= 11 is 0. The summed E-state index contributed by atoms with van der Waals surface area (Å²) in [7, 11) is 0. The van der Waals surface area contributed by atoms with Crippen LogP contribution in [0.3, 0.4) is 0 Å². The number of ketones is 1. The van der Waals surface area contributed by atoms with E-state index in [2.05, 4.69) is 123 Å². The SMILES string of the molecule is CCC(C)(C)C1C/C(=C/c2ccc(C(C)(C)C)cc2)C(=O)/C(=C/c2ccc(C(C)(C)C)cc2)C1. The lowest BCUT2D eigenvalue weighted by Crippen LogP contribution is -2.30. The van der Waals surface area contributed by atoms with Crippen molar-refractivity contribution in [1.29, 1.82) is 0 Å². The van der Waals surface area contributed by atoms with E-state index < -0.39 is 0 Å². The van der Waals surface area contributed by atoms with Gasteiger partial charge in [0, 0.05) is 11.1 Å². The Balaban J connectivity index is 1.98. The van der Waals surface area contributed by atoms with E-state index >= 15 is 0 Å². The van der Waals surface area contributed by atoms with E-state index in [1.54, 1.807) is 0 Å². The molecule has 0 heterocycles. The van der Waals surface area contributed by atoms with Gasteiger partial charge in [-0.25, -0.2) is 0 Å². The van der Waals surface area contributed by atoms with Gasteiger partial charge in [-0.2, -0.15) is 0 Å². The van der Waals surface area contributed by atoms with E-state index in [1.165, 1.54) is 11.1 Å². The molecule has 0 saturated heterocycles. The molecule has 0 N–H and O–H groups in total. The van der Waals surface area contributed by atoms with E-state index in [0.29, 0.717) is 5.92 Å². The summed E-state index contributed by atoms with van der Waals surface area (Å²) in [6, 6.07) is 17.4. The van der Waals surface area contributed by atoms with Crippen LogP contribution < -0.4 is 0 Å². The van der Waals surface area contributed by atoms with Gasteiger partial charge in [0.1, 0.15) is 0 Å². The van der Waals surface area contributed by atoms with Crippen molar-refractivity contribution in [2.45, 2.75) is 92.4 Å². The number of carbonyl (C=O) groups is 1. The Labute approximate surface area is 208 Å². The lowest BCUT2D eigenvalue weighted by atomic mass is 9.66. The van der Waals surface area contributed by atoms with Gasteiger partial charge in [0.25, 0.3) is 0 Å². The molecular formula is C33H44O. The Bertz CT molecular complexity index is 982. The predicted molar refractivity (Wildman–Crippen MR) is 148 cm³/mol. The first-order valence-electron chi connectivity index (χ1n) is 12.9. The number of Topliss-reactive ketones (excluding diaryl/α,β-unsaturated/α-hetero) is 1. The van der Waals surface area contributed by atoms with Crippen LogP contribution in [0.5, 0.6) is 0 Å². The van der Waals surface area contributed by atoms with Gasteiger partial charge in [0.2, 0.25) is 0 Å². The number of allylic oxidation sites excluding steroid dienone is 2. The van der Waals surface area contributed by atoms with E-state index in [4.69, 9.17) is 0 Å². The molecule has 1 aliphatic rings. The van der Waals surface area contributed by atoms with Gasteiger partial charge < -0.3 is 0 Å². The predicted octanol–water partition coefficient (Wildman–Crippen LogP) is 9.16. The molecule has 2 aromatic carbocycles. The van der Waals surface area contributed by atoms with Crippen LogP contribution in [-0.4, -0.2) is 5.78 Å². The minimum atomic E-state index is 0.126. The first-order valence-corrected chi connectivity index (χ1v) is 12.9. The van der Waals surface area contributed by atoms with Crippen molar-refractivity contribution in [2.75, 3.05) is 0 Å². The van der Waals surface area contributed by atoms with Gasteiger partial charge in [-0.05, 0) is 69.4 Å². The van der Waals surface area contributed by atoms with Crippen molar-refractivity contribution in [3.05, 3.63) is 81.9 Å². The molecule has 0 aliphatic heterocycles. The molecule has 1 unspecified atom stereocenters. The van der Waals surface area contributed by atoms with Gasteiger partial charge in [-0.3, -0.25) is 4.79 Å². The van der Waals surface area contributed by atoms with Gasteiger partial charge in [0.15, 0.2) is 5.78 Å².